The van der Waals surface area contributed by atoms with Gasteiger partial charge >= 0.3 is 5.97 Å². The molecule has 2 atom stereocenters. The van der Waals surface area contributed by atoms with Crippen molar-refractivity contribution in [2.24, 2.45) is 0 Å². The number of nitrogens with zero attached hydrogens (tertiary/aromatic N) is 1. The van der Waals surface area contributed by atoms with Crippen LogP contribution in [0.4, 0.5) is 0 Å². The smallest absolute Gasteiger partial charge is 0.326 e. The van der Waals surface area contributed by atoms with Gasteiger partial charge in [-0.3, -0.25) is 10.0 Å². The molecule has 2 aromatic rings. The fourth-order valence-corrected chi connectivity index (χ4v) is 3.54. The van der Waals surface area contributed by atoms with Crippen LogP contribution in [0.25, 0.3) is 0 Å². The Morgan fingerprint density at radius 3 is 2.10 bits per heavy atom. The standard InChI is InChI=1S/C22H25NO8/c1-6-30-22(24)21-18(14-11-16(27-3)20(29-5)17(12-14)28-4)19(23(25)31-21)13-7-9-15(26-2)10-8-13/h7-12,18,21H,6H2,1-5H3. The van der Waals surface area contributed by atoms with Crippen LogP contribution in [0.5, 0.6) is 23.0 Å². The fourth-order valence-electron chi connectivity index (χ4n) is 3.54. The predicted octanol–water partition coefficient (Wildman–Crippen LogP) is 2.68. The summed E-state index contributed by atoms with van der Waals surface area (Å²) in [4.78, 5) is 18.4. The van der Waals surface area contributed by atoms with Gasteiger partial charge in [0.25, 0.3) is 5.71 Å². The molecular formula is C22H25NO8. The van der Waals surface area contributed by atoms with Gasteiger partial charge in [0, 0.05) is 10.5 Å². The number of carbonyl (C=O) groups excluding carboxylic acids is 1. The Balaban J connectivity index is 2.17. The summed E-state index contributed by atoms with van der Waals surface area (Å²) in [6, 6.07) is 10.3. The second kappa shape index (κ2) is 9.46. The van der Waals surface area contributed by atoms with Gasteiger partial charge in [0.2, 0.25) is 5.75 Å². The van der Waals surface area contributed by atoms with E-state index >= 15 is 0 Å². The van der Waals surface area contributed by atoms with Crippen LogP contribution in [-0.2, 0) is 14.4 Å². The lowest BCUT2D eigenvalue weighted by Crippen LogP contribution is -2.31. The van der Waals surface area contributed by atoms with Crippen molar-refractivity contribution in [3.8, 4) is 23.0 Å². The van der Waals surface area contributed by atoms with E-state index in [0.717, 1.165) is 0 Å². The van der Waals surface area contributed by atoms with Gasteiger partial charge in [-0.05, 0) is 48.9 Å². The van der Waals surface area contributed by atoms with E-state index in [4.69, 9.17) is 28.5 Å². The molecule has 0 saturated heterocycles. The second-order valence-electron chi connectivity index (χ2n) is 6.59. The average Bonchev–Trinajstić information content (AvgIpc) is 3.15. The number of hydrogen-bond donors (Lipinski definition) is 0. The molecule has 0 bridgehead atoms. The predicted molar refractivity (Wildman–Crippen MR) is 111 cm³/mol. The zero-order valence-electron chi connectivity index (χ0n) is 18.0. The first-order valence-corrected chi connectivity index (χ1v) is 9.60. The van der Waals surface area contributed by atoms with E-state index in [-0.39, 0.29) is 12.3 Å². The third-order valence-corrected chi connectivity index (χ3v) is 4.95. The van der Waals surface area contributed by atoms with Gasteiger partial charge in [-0.15, -0.1) is 0 Å². The van der Waals surface area contributed by atoms with E-state index in [2.05, 4.69) is 0 Å². The first kappa shape index (κ1) is 22.1. The number of methoxy groups -OCH3 is 4. The molecule has 9 nitrogen and oxygen atoms in total. The Morgan fingerprint density at radius 1 is 1.00 bits per heavy atom. The van der Waals surface area contributed by atoms with Crippen LogP contribution in [0, 0.1) is 5.21 Å². The molecule has 166 valence electrons. The summed E-state index contributed by atoms with van der Waals surface area (Å²) >= 11 is 0. The van der Waals surface area contributed by atoms with Crippen LogP contribution in [-0.4, -0.2) is 57.7 Å². The summed E-state index contributed by atoms with van der Waals surface area (Å²) in [7, 11) is 6.02. The SMILES string of the molecule is CCOC(=O)C1O[N+]([O-])=C(c2ccc(OC)cc2)C1c1cc(OC)c(OC)c(OC)c1. The normalized spacial score (nSPS) is 17.7. The summed E-state index contributed by atoms with van der Waals surface area (Å²) in [6.45, 7) is 1.84. The van der Waals surface area contributed by atoms with Crippen molar-refractivity contribution in [2.75, 3.05) is 35.0 Å². The molecule has 0 aromatic heterocycles. The monoisotopic (exact) mass is 431 g/mol. The average molecular weight is 431 g/mol. The molecule has 0 fully saturated rings. The lowest BCUT2D eigenvalue weighted by molar-refractivity contribution is -0.737. The highest BCUT2D eigenvalue weighted by molar-refractivity contribution is 6.05. The molecule has 1 heterocycles. The maximum absolute atomic E-state index is 12.8. The molecule has 0 saturated carbocycles. The molecular weight excluding hydrogens is 406 g/mol. The maximum Gasteiger partial charge on any atom is 0.326 e. The highest BCUT2D eigenvalue weighted by Gasteiger charge is 2.47. The molecule has 2 aromatic carbocycles. The molecule has 0 amide bonds. The number of hydrogen-bond acceptors (Lipinski definition) is 8. The zero-order chi connectivity index (χ0) is 22.5. The zero-order valence-corrected chi connectivity index (χ0v) is 18.0. The van der Waals surface area contributed by atoms with Gasteiger partial charge in [0.05, 0.1) is 35.0 Å². The lowest BCUT2D eigenvalue weighted by atomic mass is 9.85. The molecule has 31 heavy (non-hydrogen) atoms. The topological polar surface area (TPSA) is 98.5 Å². The first-order valence-electron chi connectivity index (χ1n) is 9.60. The molecule has 1 aliphatic rings. The van der Waals surface area contributed by atoms with Gasteiger partial charge in [-0.25, -0.2) is 0 Å². The molecule has 3 rings (SSSR count). The van der Waals surface area contributed by atoms with Gasteiger partial charge in [0.15, 0.2) is 17.6 Å². The summed E-state index contributed by atoms with van der Waals surface area (Å²) in [5.74, 6) is 0.373. The highest BCUT2D eigenvalue weighted by Crippen LogP contribution is 2.43. The Morgan fingerprint density at radius 2 is 1.61 bits per heavy atom. The van der Waals surface area contributed by atoms with Crippen molar-refractivity contribution in [2.45, 2.75) is 18.9 Å². The van der Waals surface area contributed by atoms with E-state index < -0.39 is 18.0 Å². The van der Waals surface area contributed by atoms with E-state index in [0.29, 0.717) is 39.0 Å². The highest BCUT2D eigenvalue weighted by atomic mass is 16.9. The van der Waals surface area contributed by atoms with Crippen molar-refractivity contribution >= 4 is 11.7 Å². The maximum atomic E-state index is 12.8. The third kappa shape index (κ3) is 4.16. The van der Waals surface area contributed by atoms with E-state index in [1.807, 2.05) is 0 Å². The fraction of sp³-hybridized carbons (Fsp3) is 0.364. The summed E-state index contributed by atoms with van der Waals surface area (Å²) in [5.41, 5.74) is 1.38. The number of esters is 1. The number of rotatable bonds is 8. The largest absolute Gasteiger partial charge is 0.497 e. The van der Waals surface area contributed by atoms with E-state index in [1.165, 1.54) is 21.3 Å². The van der Waals surface area contributed by atoms with Gasteiger partial charge in [-0.1, -0.05) is 0 Å². The Bertz CT molecular complexity index is 945. The van der Waals surface area contributed by atoms with Gasteiger partial charge < -0.3 is 28.5 Å². The molecule has 0 N–H and O–H groups in total. The Labute approximate surface area is 180 Å². The number of ether oxygens (including phenoxy) is 5. The summed E-state index contributed by atoms with van der Waals surface area (Å²) in [5, 5.41) is 12.8. The molecule has 0 aliphatic carbocycles. The van der Waals surface area contributed by atoms with E-state index in [1.54, 1.807) is 50.4 Å². The quantitative estimate of drug-likeness (QED) is 0.465. The minimum atomic E-state index is -1.18. The lowest BCUT2D eigenvalue weighted by Gasteiger charge is -2.20. The first-order chi connectivity index (χ1) is 15.0. The van der Waals surface area contributed by atoms with Crippen molar-refractivity contribution in [3.05, 3.63) is 52.7 Å². The van der Waals surface area contributed by atoms with Crippen molar-refractivity contribution in [3.63, 3.8) is 0 Å². The number of benzene rings is 2. The molecule has 2 unspecified atom stereocenters. The van der Waals surface area contributed by atoms with Gasteiger partial charge in [0.1, 0.15) is 11.7 Å². The van der Waals surface area contributed by atoms with Crippen LogP contribution in [0.2, 0.25) is 0 Å². The van der Waals surface area contributed by atoms with Crippen LogP contribution in [0.3, 0.4) is 0 Å². The van der Waals surface area contributed by atoms with Crippen molar-refractivity contribution in [1.29, 1.82) is 0 Å². The molecule has 0 radical (unpaired) electrons. The van der Waals surface area contributed by atoms with Crippen LogP contribution >= 0.6 is 0 Å². The minimum Gasteiger partial charge on any atom is -0.497 e. The van der Waals surface area contributed by atoms with Crippen molar-refractivity contribution < 1.29 is 38.2 Å². The van der Waals surface area contributed by atoms with Crippen LogP contribution < -0.4 is 18.9 Å². The molecule has 0 spiro atoms. The van der Waals surface area contributed by atoms with Crippen molar-refractivity contribution in [1.82, 2.24) is 0 Å². The van der Waals surface area contributed by atoms with Gasteiger partial charge in [-0.2, -0.15) is 0 Å². The Kier molecular flexibility index (Phi) is 6.74. The molecule has 1 aliphatic heterocycles. The Hall–Kier alpha value is -3.62. The van der Waals surface area contributed by atoms with Crippen LogP contribution in [0.1, 0.15) is 24.0 Å². The minimum absolute atomic E-state index is 0.150. The summed E-state index contributed by atoms with van der Waals surface area (Å²) < 4.78 is 26.6. The third-order valence-electron chi connectivity index (χ3n) is 4.95. The number of carbonyl (C=O) groups is 1. The second-order valence-corrected chi connectivity index (χ2v) is 6.59. The van der Waals surface area contributed by atoms with E-state index in [9.17, 15) is 10.0 Å². The molecule has 9 heteroatoms. The summed E-state index contributed by atoms with van der Waals surface area (Å²) in [6.07, 6.45) is -1.18. The van der Waals surface area contributed by atoms with Crippen LogP contribution in [0.15, 0.2) is 36.4 Å².